The predicted molar refractivity (Wildman–Crippen MR) is 67.7 cm³/mol. The third kappa shape index (κ3) is 2.82. The highest BCUT2D eigenvalue weighted by atomic mass is 79.9. The fourth-order valence-corrected chi connectivity index (χ4v) is 2.27. The maximum absolute atomic E-state index is 3.46. The molecule has 1 aromatic carbocycles. The molecule has 0 amide bonds. The first-order valence-electron chi connectivity index (χ1n) is 5.62. The third-order valence-electron chi connectivity index (χ3n) is 3.25. The summed E-state index contributed by atoms with van der Waals surface area (Å²) in [5.74, 6) is 1.76. The second-order valence-corrected chi connectivity index (χ2v) is 5.74. The summed E-state index contributed by atoms with van der Waals surface area (Å²) in [6.07, 6.45) is 0. The minimum atomic E-state index is 0.839. The number of hydrogen-bond acceptors (Lipinski definition) is 1. The van der Waals surface area contributed by atoms with Gasteiger partial charge >= 0.3 is 0 Å². The zero-order chi connectivity index (χ0) is 10.8. The molecule has 0 aromatic heterocycles. The van der Waals surface area contributed by atoms with Gasteiger partial charge < -0.3 is 0 Å². The lowest BCUT2D eigenvalue weighted by molar-refractivity contribution is 0.0614. The Morgan fingerprint density at radius 2 is 1.87 bits per heavy atom. The van der Waals surface area contributed by atoms with Crippen molar-refractivity contribution in [2.75, 3.05) is 13.1 Å². The zero-order valence-corrected chi connectivity index (χ0v) is 11.0. The van der Waals surface area contributed by atoms with Gasteiger partial charge in [-0.15, -0.1) is 0 Å². The molecule has 1 heterocycles. The van der Waals surface area contributed by atoms with E-state index in [1.807, 2.05) is 0 Å². The van der Waals surface area contributed by atoms with Crippen molar-refractivity contribution in [2.45, 2.75) is 20.4 Å². The highest BCUT2D eigenvalue weighted by Crippen LogP contribution is 2.25. The second kappa shape index (κ2) is 4.67. The van der Waals surface area contributed by atoms with Gasteiger partial charge in [-0.2, -0.15) is 0 Å². The lowest BCUT2D eigenvalue weighted by Crippen LogP contribution is -2.48. The van der Waals surface area contributed by atoms with Crippen molar-refractivity contribution in [3.05, 3.63) is 34.3 Å². The summed E-state index contributed by atoms with van der Waals surface area (Å²) < 4.78 is 1.16. The van der Waals surface area contributed by atoms with Gasteiger partial charge in [0.25, 0.3) is 0 Å². The molecular formula is C13H18BrN. The Morgan fingerprint density at radius 3 is 2.40 bits per heavy atom. The first-order chi connectivity index (χ1) is 7.15. The smallest absolute Gasteiger partial charge is 0.0234 e. The summed E-state index contributed by atoms with van der Waals surface area (Å²) in [5, 5.41) is 0. The molecule has 0 saturated carbocycles. The summed E-state index contributed by atoms with van der Waals surface area (Å²) in [6.45, 7) is 8.29. The lowest BCUT2D eigenvalue weighted by Gasteiger charge is -2.41. The van der Waals surface area contributed by atoms with Crippen LogP contribution < -0.4 is 0 Å². The number of halogens is 1. The molecule has 1 saturated heterocycles. The van der Waals surface area contributed by atoms with E-state index in [1.165, 1.54) is 18.7 Å². The topological polar surface area (TPSA) is 3.24 Å². The number of hydrogen-bond donors (Lipinski definition) is 0. The molecule has 1 aliphatic heterocycles. The van der Waals surface area contributed by atoms with Gasteiger partial charge in [0.1, 0.15) is 0 Å². The van der Waals surface area contributed by atoms with Crippen LogP contribution in [-0.4, -0.2) is 18.0 Å². The van der Waals surface area contributed by atoms with Crippen molar-refractivity contribution in [2.24, 2.45) is 11.8 Å². The van der Waals surface area contributed by atoms with Crippen molar-refractivity contribution in [1.82, 2.24) is 4.90 Å². The summed E-state index contributed by atoms with van der Waals surface area (Å²) >= 11 is 3.46. The van der Waals surface area contributed by atoms with Gasteiger partial charge in [0.15, 0.2) is 0 Å². The first-order valence-corrected chi connectivity index (χ1v) is 6.41. The maximum Gasteiger partial charge on any atom is 0.0234 e. The molecule has 0 aliphatic carbocycles. The molecule has 1 aliphatic rings. The van der Waals surface area contributed by atoms with Gasteiger partial charge in [-0.05, 0) is 29.5 Å². The van der Waals surface area contributed by atoms with Crippen LogP contribution in [0.5, 0.6) is 0 Å². The Bertz CT molecular complexity index is 312. The Morgan fingerprint density at radius 1 is 1.27 bits per heavy atom. The van der Waals surface area contributed by atoms with Crippen LogP contribution >= 0.6 is 15.9 Å². The Labute approximate surface area is 101 Å². The van der Waals surface area contributed by atoms with Gasteiger partial charge in [0.2, 0.25) is 0 Å². The van der Waals surface area contributed by atoms with E-state index in [0.717, 1.165) is 22.9 Å². The Kier molecular flexibility index (Phi) is 3.47. The molecule has 1 fully saturated rings. The largest absolute Gasteiger partial charge is 0.298 e. The average molecular weight is 268 g/mol. The van der Waals surface area contributed by atoms with Crippen molar-refractivity contribution >= 4 is 15.9 Å². The fraction of sp³-hybridized carbons (Fsp3) is 0.538. The van der Waals surface area contributed by atoms with E-state index >= 15 is 0 Å². The normalized spacial score (nSPS) is 18.1. The molecule has 0 atom stereocenters. The van der Waals surface area contributed by atoms with Crippen LogP contribution in [0, 0.1) is 11.8 Å². The second-order valence-electron chi connectivity index (χ2n) is 4.82. The van der Waals surface area contributed by atoms with Gasteiger partial charge in [-0.3, -0.25) is 4.90 Å². The minimum Gasteiger partial charge on any atom is -0.298 e. The standard InChI is InChI=1S/C13H18BrN/c1-10(2)12-8-15(9-12)7-11-3-5-13(14)6-4-11/h3-6,10,12H,7-9H2,1-2H3. The minimum absolute atomic E-state index is 0.839. The molecule has 1 nitrogen and oxygen atoms in total. The van der Waals surface area contributed by atoms with Crippen molar-refractivity contribution in [3.8, 4) is 0 Å². The van der Waals surface area contributed by atoms with E-state index in [-0.39, 0.29) is 0 Å². The van der Waals surface area contributed by atoms with Crippen LogP contribution in [-0.2, 0) is 6.54 Å². The molecule has 0 N–H and O–H groups in total. The lowest BCUT2D eigenvalue weighted by atomic mass is 9.88. The van der Waals surface area contributed by atoms with E-state index < -0.39 is 0 Å². The molecule has 2 rings (SSSR count). The predicted octanol–water partition coefficient (Wildman–Crippen LogP) is 3.54. The first kappa shape index (κ1) is 11.2. The van der Waals surface area contributed by atoms with Crippen LogP contribution in [0.15, 0.2) is 28.7 Å². The molecule has 0 radical (unpaired) electrons. The van der Waals surface area contributed by atoms with E-state index in [4.69, 9.17) is 0 Å². The van der Waals surface area contributed by atoms with Crippen molar-refractivity contribution in [3.63, 3.8) is 0 Å². The van der Waals surface area contributed by atoms with Crippen molar-refractivity contribution in [1.29, 1.82) is 0 Å². The third-order valence-corrected chi connectivity index (χ3v) is 3.78. The fourth-order valence-electron chi connectivity index (χ4n) is 2.01. The van der Waals surface area contributed by atoms with Crippen LogP contribution in [0.4, 0.5) is 0 Å². The van der Waals surface area contributed by atoms with Crippen LogP contribution in [0.1, 0.15) is 19.4 Å². The Hall–Kier alpha value is -0.340. The van der Waals surface area contributed by atoms with Crippen molar-refractivity contribution < 1.29 is 0 Å². The van der Waals surface area contributed by atoms with E-state index in [1.54, 1.807) is 0 Å². The molecule has 0 unspecified atom stereocenters. The number of likely N-dealkylation sites (tertiary alicyclic amines) is 1. The summed E-state index contributed by atoms with van der Waals surface area (Å²) in [7, 11) is 0. The Balaban J connectivity index is 1.82. The zero-order valence-electron chi connectivity index (χ0n) is 9.41. The molecule has 1 aromatic rings. The molecular weight excluding hydrogens is 250 g/mol. The number of nitrogens with zero attached hydrogens (tertiary/aromatic N) is 1. The van der Waals surface area contributed by atoms with E-state index in [9.17, 15) is 0 Å². The van der Waals surface area contributed by atoms with E-state index in [0.29, 0.717) is 0 Å². The molecule has 2 heteroatoms. The average Bonchev–Trinajstić information content (AvgIpc) is 2.13. The molecule has 15 heavy (non-hydrogen) atoms. The van der Waals surface area contributed by atoms with Crippen LogP contribution in [0.3, 0.4) is 0 Å². The SMILES string of the molecule is CC(C)C1CN(Cc2ccc(Br)cc2)C1. The van der Waals surface area contributed by atoms with Gasteiger partial charge in [-0.1, -0.05) is 41.9 Å². The van der Waals surface area contributed by atoms with Gasteiger partial charge in [0.05, 0.1) is 0 Å². The highest BCUT2D eigenvalue weighted by Gasteiger charge is 2.28. The van der Waals surface area contributed by atoms with Gasteiger partial charge in [0, 0.05) is 24.1 Å². The number of benzene rings is 1. The summed E-state index contributed by atoms with van der Waals surface area (Å²) in [4.78, 5) is 2.52. The monoisotopic (exact) mass is 267 g/mol. The summed E-state index contributed by atoms with van der Waals surface area (Å²) in [6, 6.07) is 8.64. The van der Waals surface area contributed by atoms with Crippen LogP contribution in [0.2, 0.25) is 0 Å². The van der Waals surface area contributed by atoms with Crippen LogP contribution in [0.25, 0.3) is 0 Å². The number of rotatable bonds is 3. The molecule has 0 bridgehead atoms. The summed E-state index contributed by atoms with van der Waals surface area (Å²) in [5.41, 5.74) is 1.42. The maximum atomic E-state index is 3.46. The molecule has 0 spiro atoms. The quantitative estimate of drug-likeness (QED) is 0.810. The van der Waals surface area contributed by atoms with Gasteiger partial charge in [-0.25, -0.2) is 0 Å². The molecule has 82 valence electrons. The highest BCUT2D eigenvalue weighted by molar-refractivity contribution is 9.10. The van der Waals surface area contributed by atoms with E-state index in [2.05, 4.69) is 58.9 Å².